The second-order valence-corrected chi connectivity index (χ2v) is 8.91. The van der Waals surface area contributed by atoms with Crippen molar-refractivity contribution in [2.45, 2.75) is 20.0 Å². The third-order valence-electron chi connectivity index (χ3n) is 5.40. The van der Waals surface area contributed by atoms with E-state index < -0.39 is 18.0 Å². The van der Waals surface area contributed by atoms with Crippen molar-refractivity contribution in [1.29, 1.82) is 0 Å². The second-order valence-electron chi connectivity index (χ2n) is 7.99. The molecule has 4 aromatic rings. The Balaban J connectivity index is 1.51. The lowest BCUT2D eigenvalue weighted by atomic mass is 10.0. The number of nitrogens with zero attached hydrogens (tertiary/aromatic N) is 1. The molecule has 4 rings (SSSR count). The lowest BCUT2D eigenvalue weighted by Gasteiger charge is -2.13. The average Bonchev–Trinajstić information content (AvgIpc) is 2.91. The molecular formula is C29H25BrN2O5. The van der Waals surface area contributed by atoms with Gasteiger partial charge in [0, 0.05) is 10.0 Å². The summed E-state index contributed by atoms with van der Waals surface area (Å²) in [5.41, 5.74) is 3.44. The number of halogens is 1. The zero-order valence-electron chi connectivity index (χ0n) is 20.3. The number of nitrogens with one attached hydrogen (secondary N) is 1. The molecular weight excluding hydrogens is 536 g/mol. The third kappa shape index (κ3) is 6.74. The molecule has 188 valence electrons. The van der Waals surface area contributed by atoms with Crippen LogP contribution in [-0.4, -0.2) is 30.8 Å². The van der Waals surface area contributed by atoms with E-state index in [1.807, 2.05) is 49.4 Å². The van der Waals surface area contributed by atoms with Crippen LogP contribution in [0, 0.1) is 0 Å². The van der Waals surface area contributed by atoms with Gasteiger partial charge in [0.1, 0.15) is 17.2 Å². The van der Waals surface area contributed by atoms with Gasteiger partial charge >= 0.3 is 5.97 Å². The maximum Gasteiger partial charge on any atom is 0.343 e. The first-order valence-corrected chi connectivity index (χ1v) is 12.5. The van der Waals surface area contributed by atoms with Crippen LogP contribution in [0.25, 0.3) is 10.8 Å². The fourth-order valence-electron chi connectivity index (χ4n) is 3.53. The summed E-state index contributed by atoms with van der Waals surface area (Å²) in [6.45, 7) is 4.06. The third-order valence-corrected chi connectivity index (χ3v) is 5.93. The standard InChI is InChI=1S/C29H25BrN2O5/c1-3-35-23-13-8-21(9-14-23)29(34)37-27-17-10-20-6-4-5-7-25(20)26(27)18-31-32-28(33)19(2)36-24-15-11-22(30)12-16-24/h4-19H,3H2,1-2H3,(H,32,33)/b31-18-/t19-/m0/s1. The van der Waals surface area contributed by atoms with E-state index in [-0.39, 0.29) is 0 Å². The molecule has 8 heteroatoms. The number of esters is 1. The number of carbonyl (C=O) groups is 2. The van der Waals surface area contributed by atoms with E-state index in [4.69, 9.17) is 14.2 Å². The first kappa shape index (κ1) is 25.9. The highest BCUT2D eigenvalue weighted by molar-refractivity contribution is 9.10. The smallest absolute Gasteiger partial charge is 0.343 e. The molecule has 0 bridgehead atoms. The van der Waals surface area contributed by atoms with Crippen LogP contribution in [0.3, 0.4) is 0 Å². The highest BCUT2D eigenvalue weighted by atomic mass is 79.9. The molecule has 4 aromatic carbocycles. The maximum absolute atomic E-state index is 12.8. The first-order valence-electron chi connectivity index (χ1n) is 11.7. The van der Waals surface area contributed by atoms with Crippen LogP contribution in [0.15, 0.2) is 94.5 Å². The molecule has 1 amide bonds. The molecule has 1 atom stereocenters. The molecule has 0 aliphatic carbocycles. The molecule has 0 heterocycles. The van der Waals surface area contributed by atoms with Crippen LogP contribution in [0.1, 0.15) is 29.8 Å². The van der Waals surface area contributed by atoms with Crippen LogP contribution in [0.4, 0.5) is 0 Å². The Bertz CT molecular complexity index is 1420. The monoisotopic (exact) mass is 560 g/mol. The van der Waals surface area contributed by atoms with Gasteiger partial charge in [0.05, 0.1) is 18.4 Å². The molecule has 0 aromatic heterocycles. The summed E-state index contributed by atoms with van der Waals surface area (Å²) in [5.74, 6) is 0.606. The number of rotatable bonds is 9. The minimum atomic E-state index is -0.775. The van der Waals surface area contributed by atoms with Gasteiger partial charge in [0.15, 0.2) is 6.10 Å². The van der Waals surface area contributed by atoms with Crippen LogP contribution in [0.5, 0.6) is 17.2 Å². The maximum atomic E-state index is 12.8. The van der Waals surface area contributed by atoms with E-state index in [0.717, 1.165) is 15.2 Å². The minimum absolute atomic E-state index is 0.315. The van der Waals surface area contributed by atoms with Crippen molar-refractivity contribution in [3.8, 4) is 17.2 Å². The Morgan fingerprint density at radius 1 is 0.946 bits per heavy atom. The van der Waals surface area contributed by atoms with E-state index >= 15 is 0 Å². The first-order chi connectivity index (χ1) is 17.9. The normalized spacial score (nSPS) is 11.8. The SMILES string of the molecule is CCOc1ccc(C(=O)Oc2ccc3ccccc3c2/C=N\NC(=O)[C@H](C)Oc2ccc(Br)cc2)cc1. The number of hydrogen-bond donors (Lipinski definition) is 1. The molecule has 1 N–H and O–H groups in total. The summed E-state index contributed by atoms with van der Waals surface area (Å²) in [6, 6.07) is 25.1. The zero-order valence-corrected chi connectivity index (χ0v) is 21.9. The number of hydrogen-bond acceptors (Lipinski definition) is 6. The molecule has 0 radical (unpaired) electrons. The van der Waals surface area contributed by atoms with Gasteiger partial charge in [-0.05, 0) is 79.2 Å². The summed E-state index contributed by atoms with van der Waals surface area (Å²) < 4.78 is 17.7. The minimum Gasteiger partial charge on any atom is -0.494 e. The van der Waals surface area contributed by atoms with E-state index in [0.29, 0.717) is 35.0 Å². The van der Waals surface area contributed by atoms with Crippen LogP contribution in [-0.2, 0) is 4.79 Å². The van der Waals surface area contributed by atoms with Gasteiger partial charge < -0.3 is 14.2 Å². The van der Waals surface area contributed by atoms with E-state index in [9.17, 15) is 9.59 Å². The molecule has 0 aliphatic heterocycles. The van der Waals surface area contributed by atoms with Crippen molar-refractivity contribution in [3.05, 3.63) is 101 Å². The van der Waals surface area contributed by atoms with Gasteiger partial charge in [-0.3, -0.25) is 4.79 Å². The Morgan fingerprint density at radius 3 is 2.38 bits per heavy atom. The number of hydrazone groups is 1. The Kier molecular flexibility index (Phi) is 8.53. The second kappa shape index (κ2) is 12.2. The topological polar surface area (TPSA) is 86.2 Å². The summed E-state index contributed by atoms with van der Waals surface area (Å²) in [4.78, 5) is 25.4. The van der Waals surface area contributed by atoms with Crippen molar-refractivity contribution in [2.24, 2.45) is 5.10 Å². The summed E-state index contributed by atoms with van der Waals surface area (Å²) in [5, 5.41) is 5.87. The number of ether oxygens (including phenoxy) is 3. The summed E-state index contributed by atoms with van der Waals surface area (Å²) in [7, 11) is 0. The van der Waals surface area contributed by atoms with Gasteiger partial charge in [-0.15, -0.1) is 0 Å². The van der Waals surface area contributed by atoms with Gasteiger partial charge in [0.2, 0.25) is 0 Å². The van der Waals surface area contributed by atoms with E-state index in [1.54, 1.807) is 49.4 Å². The quantitative estimate of drug-likeness (QED) is 0.115. The van der Waals surface area contributed by atoms with Gasteiger partial charge in [-0.2, -0.15) is 5.10 Å². The van der Waals surface area contributed by atoms with Crippen molar-refractivity contribution in [2.75, 3.05) is 6.61 Å². The lowest BCUT2D eigenvalue weighted by Crippen LogP contribution is -2.33. The van der Waals surface area contributed by atoms with Crippen molar-refractivity contribution in [1.82, 2.24) is 5.43 Å². The average molecular weight is 561 g/mol. The number of benzene rings is 4. The highest BCUT2D eigenvalue weighted by Crippen LogP contribution is 2.28. The molecule has 0 fully saturated rings. The predicted molar refractivity (Wildman–Crippen MR) is 146 cm³/mol. The molecule has 0 spiro atoms. The Hall–Kier alpha value is -4.17. The summed E-state index contributed by atoms with van der Waals surface area (Å²) in [6.07, 6.45) is 0.690. The molecule has 0 unspecified atom stereocenters. The fraction of sp³-hybridized carbons (Fsp3) is 0.138. The van der Waals surface area contributed by atoms with Crippen molar-refractivity contribution >= 4 is 44.8 Å². The van der Waals surface area contributed by atoms with Crippen LogP contribution < -0.4 is 19.6 Å². The molecule has 37 heavy (non-hydrogen) atoms. The van der Waals surface area contributed by atoms with Gasteiger partial charge in [-0.25, -0.2) is 10.2 Å². The fourth-order valence-corrected chi connectivity index (χ4v) is 3.80. The van der Waals surface area contributed by atoms with E-state index in [2.05, 4.69) is 26.5 Å². The zero-order chi connectivity index (χ0) is 26.2. The van der Waals surface area contributed by atoms with Crippen molar-refractivity contribution < 1.29 is 23.8 Å². The molecule has 0 saturated carbocycles. The van der Waals surface area contributed by atoms with Crippen LogP contribution >= 0.6 is 15.9 Å². The Labute approximate surface area is 223 Å². The number of carbonyl (C=O) groups excluding carboxylic acids is 2. The van der Waals surface area contributed by atoms with Crippen LogP contribution in [0.2, 0.25) is 0 Å². The highest BCUT2D eigenvalue weighted by Gasteiger charge is 2.16. The molecule has 0 saturated heterocycles. The number of amides is 1. The largest absolute Gasteiger partial charge is 0.494 e. The number of fused-ring (bicyclic) bond motifs is 1. The molecule has 0 aliphatic rings. The summed E-state index contributed by atoms with van der Waals surface area (Å²) >= 11 is 3.37. The lowest BCUT2D eigenvalue weighted by molar-refractivity contribution is -0.127. The Morgan fingerprint density at radius 2 is 1.65 bits per heavy atom. The molecule has 7 nitrogen and oxygen atoms in total. The van der Waals surface area contributed by atoms with Crippen molar-refractivity contribution in [3.63, 3.8) is 0 Å². The van der Waals surface area contributed by atoms with E-state index in [1.165, 1.54) is 6.21 Å². The predicted octanol–water partition coefficient (Wildman–Crippen LogP) is 6.14. The van der Waals surface area contributed by atoms with Gasteiger partial charge in [0.25, 0.3) is 5.91 Å². The van der Waals surface area contributed by atoms with Gasteiger partial charge in [-0.1, -0.05) is 46.3 Å².